The fourth-order valence-electron chi connectivity index (χ4n) is 2.25. The minimum Gasteiger partial charge on any atom is -0.495 e. The first-order valence-electron chi connectivity index (χ1n) is 6.88. The van der Waals surface area contributed by atoms with E-state index in [0.717, 1.165) is 37.0 Å². The number of para-hydroxylation sites is 1. The average Bonchev–Trinajstić information content (AvgIpc) is 2.48. The second-order valence-electron chi connectivity index (χ2n) is 4.87. The predicted molar refractivity (Wildman–Crippen MR) is 78.4 cm³/mol. The van der Waals surface area contributed by atoms with Crippen LogP contribution in [0.15, 0.2) is 23.4 Å². The zero-order chi connectivity index (χ0) is 14.4. The molecule has 1 aromatic rings. The van der Waals surface area contributed by atoms with E-state index in [1.165, 1.54) is 6.42 Å². The second kappa shape index (κ2) is 6.93. The van der Waals surface area contributed by atoms with Crippen LogP contribution in [-0.4, -0.2) is 18.9 Å². The van der Waals surface area contributed by atoms with E-state index in [2.05, 4.69) is 10.5 Å². The van der Waals surface area contributed by atoms with Gasteiger partial charge in [-0.1, -0.05) is 23.7 Å². The van der Waals surface area contributed by atoms with Gasteiger partial charge in [0.25, 0.3) is 0 Å². The number of oxime groups is 1. The molecule has 0 heterocycles. The molecule has 0 aliphatic heterocycles. The summed E-state index contributed by atoms with van der Waals surface area (Å²) in [5.74, 6) is 0.604. The number of benzene rings is 1. The van der Waals surface area contributed by atoms with Crippen molar-refractivity contribution in [1.29, 1.82) is 0 Å². The van der Waals surface area contributed by atoms with Crippen molar-refractivity contribution in [3.63, 3.8) is 0 Å². The Hall–Kier alpha value is -2.04. The number of rotatable bonds is 3. The number of carbonyl (C=O) groups excluding carboxylic acids is 1. The lowest BCUT2D eigenvalue weighted by Gasteiger charge is -2.13. The zero-order valence-electron chi connectivity index (χ0n) is 11.9. The predicted octanol–water partition coefficient (Wildman–Crippen LogP) is 3.87. The summed E-state index contributed by atoms with van der Waals surface area (Å²) in [6, 6.07) is 5.55. The third-order valence-electron chi connectivity index (χ3n) is 3.37. The number of amides is 1. The van der Waals surface area contributed by atoms with Crippen LogP contribution in [0.5, 0.6) is 5.75 Å². The molecule has 0 radical (unpaired) electrons. The molecule has 5 nitrogen and oxygen atoms in total. The summed E-state index contributed by atoms with van der Waals surface area (Å²) in [6.07, 6.45) is 4.72. The number of nitrogens with one attached hydrogen (secondary N) is 1. The molecule has 1 amide bonds. The molecule has 1 aliphatic carbocycles. The van der Waals surface area contributed by atoms with E-state index < -0.39 is 6.09 Å². The van der Waals surface area contributed by atoms with E-state index in [4.69, 9.17) is 9.57 Å². The van der Waals surface area contributed by atoms with E-state index in [9.17, 15) is 4.79 Å². The molecule has 20 heavy (non-hydrogen) atoms. The summed E-state index contributed by atoms with van der Waals surface area (Å²) >= 11 is 0. The monoisotopic (exact) mass is 276 g/mol. The number of hydrogen-bond acceptors (Lipinski definition) is 4. The highest BCUT2D eigenvalue weighted by molar-refractivity contribution is 5.89. The molecule has 0 spiro atoms. The number of hydrogen-bond donors (Lipinski definition) is 1. The number of carbonyl (C=O) groups is 1. The Morgan fingerprint density at radius 3 is 2.70 bits per heavy atom. The summed E-state index contributed by atoms with van der Waals surface area (Å²) in [5, 5.41) is 6.60. The molecule has 0 bridgehead atoms. The molecule has 108 valence electrons. The lowest BCUT2D eigenvalue weighted by atomic mass is 9.99. The van der Waals surface area contributed by atoms with E-state index >= 15 is 0 Å². The minimum atomic E-state index is -0.587. The summed E-state index contributed by atoms with van der Waals surface area (Å²) in [5.41, 5.74) is 2.48. The van der Waals surface area contributed by atoms with Gasteiger partial charge in [0.2, 0.25) is 0 Å². The number of nitrogens with zero attached hydrogens (tertiary/aromatic N) is 1. The van der Waals surface area contributed by atoms with Crippen molar-refractivity contribution in [2.24, 2.45) is 5.16 Å². The largest absolute Gasteiger partial charge is 0.495 e. The van der Waals surface area contributed by atoms with Crippen molar-refractivity contribution < 1.29 is 14.4 Å². The second-order valence-corrected chi connectivity index (χ2v) is 4.87. The number of methoxy groups -OCH3 is 1. The first-order chi connectivity index (χ1) is 9.70. The SMILES string of the molecule is COc1cccc(C)c1NC(=O)ON=C1CCCCC1. The molecule has 5 heteroatoms. The Bertz CT molecular complexity index is 504. The van der Waals surface area contributed by atoms with Gasteiger partial charge in [0.05, 0.1) is 18.5 Å². The van der Waals surface area contributed by atoms with E-state index in [1.54, 1.807) is 13.2 Å². The maximum Gasteiger partial charge on any atom is 0.437 e. The standard InChI is InChI=1S/C15H20N2O3/c1-11-7-6-10-13(19-2)14(11)16-15(18)20-17-12-8-4-3-5-9-12/h6-7,10H,3-5,8-9H2,1-2H3,(H,16,18). The Labute approximate surface area is 118 Å². The van der Waals surface area contributed by atoms with Gasteiger partial charge in [0.15, 0.2) is 0 Å². The molecule has 1 aliphatic rings. The highest BCUT2D eigenvalue weighted by Gasteiger charge is 2.12. The van der Waals surface area contributed by atoms with Crippen LogP contribution in [0, 0.1) is 6.92 Å². The fourth-order valence-corrected chi connectivity index (χ4v) is 2.25. The van der Waals surface area contributed by atoms with E-state index in [0.29, 0.717) is 11.4 Å². The van der Waals surface area contributed by atoms with E-state index in [-0.39, 0.29) is 0 Å². The van der Waals surface area contributed by atoms with Crippen LogP contribution in [0.1, 0.15) is 37.7 Å². The van der Waals surface area contributed by atoms with Crippen LogP contribution in [0.25, 0.3) is 0 Å². The molecule has 0 unspecified atom stereocenters. The van der Waals surface area contributed by atoms with Crippen LogP contribution in [0.3, 0.4) is 0 Å². The summed E-state index contributed by atoms with van der Waals surface area (Å²) in [6.45, 7) is 1.89. The maximum absolute atomic E-state index is 11.8. The zero-order valence-corrected chi connectivity index (χ0v) is 11.9. The molecular formula is C15H20N2O3. The number of aryl methyl sites for hydroxylation is 1. The molecule has 0 atom stereocenters. The van der Waals surface area contributed by atoms with Gasteiger partial charge in [-0.25, -0.2) is 4.79 Å². The Morgan fingerprint density at radius 1 is 1.25 bits per heavy atom. The Morgan fingerprint density at radius 2 is 2.00 bits per heavy atom. The molecule has 1 aromatic carbocycles. The third-order valence-corrected chi connectivity index (χ3v) is 3.37. The molecule has 1 saturated carbocycles. The topological polar surface area (TPSA) is 59.9 Å². The third kappa shape index (κ3) is 3.73. The highest BCUT2D eigenvalue weighted by Crippen LogP contribution is 2.27. The average molecular weight is 276 g/mol. The molecule has 1 fully saturated rings. The van der Waals surface area contributed by atoms with Crippen molar-refractivity contribution in [1.82, 2.24) is 0 Å². The van der Waals surface area contributed by atoms with Crippen molar-refractivity contribution in [3.8, 4) is 5.75 Å². The lowest BCUT2D eigenvalue weighted by molar-refractivity contribution is 0.165. The minimum absolute atomic E-state index is 0.587. The van der Waals surface area contributed by atoms with Crippen molar-refractivity contribution >= 4 is 17.5 Å². The van der Waals surface area contributed by atoms with Crippen LogP contribution in [0.4, 0.5) is 10.5 Å². The van der Waals surface area contributed by atoms with Gasteiger partial charge in [-0.05, 0) is 44.2 Å². The molecule has 1 N–H and O–H groups in total. The molecule has 2 rings (SSSR count). The highest BCUT2D eigenvalue weighted by atomic mass is 16.7. The Kier molecular flexibility index (Phi) is 4.98. The normalized spacial score (nSPS) is 14.6. The molecular weight excluding hydrogens is 256 g/mol. The van der Waals surface area contributed by atoms with Gasteiger partial charge in [-0.15, -0.1) is 0 Å². The quantitative estimate of drug-likeness (QED) is 0.673. The van der Waals surface area contributed by atoms with Gasteiger partial charge in [-0.3, -0.25) is 10.2 Å². The van der Waals surface area contributed by atoms with Gasteiger partial charge >= 0.3 is 6.09 Å². The van der Waals surface area contributed by atoms with Crippen LogP contribution in [0.2, 0.25) is 0 Å². The fraction of sp³-hybridized carbons (Fsp3) is 0.467. The molecule has 0 saturated heterocycles. The first kappa shape index (κ1) is 14.4. The number of anilines is 1. The summed E-state index contributed by atoms with van der Waals surface area (Å²) in [4.78, 5) is 16.7. The van der Waals surface area contributed by atoms with Gasteiger partial charge in [0.1, 0.15) is 5.75 Å². The van der Waals surface area contributed by atoms with Crippen molar-refractivity contribution in [3.05, 3.63) is 23.8 Å². The summed E-state index contributed by atoms with van der Waals surface area (Å²) in [7, 11) is 1.56. The van der Waals surface area contributed by atoms with Gasteiger partial charge < -0.3 is 4.74 Å². The maximum atomic E-state index is 11.8. The van der Waals surface area contributed by atoms with Crippen molar-refractivity contribution in [2.75, 3.05) is 12.4 Å². The van der Waals surface area contributed by atoms with E-state index in [1.807, 2.05) is 19.1 Å². The van der Waals surface area contributed by atoms with Gasteiger partial charge in [-0.2, -0.15) is 0 Å². The van der Waals surface area contributed by atoms with Gasteiger partial charge in [0, 0.05) is 0 Å². The Balaban J connectivity index is 1.97. The van der Waals surface area contributed by atoms with Crippen LogP contribution in [-0.2, 0) is 4.84 Å². The smallest absolute Gasteiger partial charge is 0.437 e. The number of ether oxygens (including phenoxy) is 1. The molecule has 0 aromatic heterocycles. The van der Waals surface area contributed by atoms with Crippen molar-refractivity contribution in [2.45, 2.75) is 39.0 Å². The summed E-state index contributed by atoms with van der Waals surface area (Å²) < 4.78 is 5.22. The first-order valence-corrected chi connectivity index (χ1v) is 6.88. The van der Waals surface area contributed by atoms with Crippen LogP contribution >= 0.6 is 0 Å². The van der Waals surface area contributed by atoms with Crippen LogP contribution < -0.4 is 10.1 Å². The lowest BCUT2D eigenvalue weighted by Crippen LogP contribution is -2.14.